The summed E-state index contributed by atoms with van der Waals surface area (Å²) < 4.78 is 38.5. The lowest BCUT2D eigenvalue weighted by Crippen LogP contribution is -2.49. The summed E-state index contributed by atoms with van der Waals surface area (Å²) in [5.74, 6) is -0.781. The van der Waals surface area contributed by atoms with Crippen LogP contribution in [0.5, 0.6) is 0 Å². The molecule has 0 radical (unpaired) electrons. The van der Waals surface area contributed by atoms with Gasteiger partial charge in [-0.3, -0.25) is 4.79 Å². The van der Waals surface area contributed by atoms with Crippen molar-refractivity contribution in [3.63, 3.8) is 0 Å². The van der Waals surface area contributed by atoms with Gasteiger partial charge < -0.3 is 5.32 Å². The number of halogens is 3. The molecule has 1 saturated carbocycles. The fraction of sp³-hybridized carbons (Fsp3) is 0.769. The number of rotatable bonds is 2. The lowest BCUT2D eigenvalue weighted by molar-refractivity contribution is -0.198. The van der Waals surface area contributed by atoms with Crippen molar-refractivity contribution in [1.29, 1.82) is 0 Å². The monoisotopic (exact) mass is 261 g/mol. The highest BCUT2D eigenvalue weighted by atomic mass is 19.4. The van der Waals surface area contributed by atoms with Crippen LogP contribution in [0.3, 0.4) is 0 Å². The second-order valence-electron chi connectivity index (χ2n) is 5.30. The van der Waals surface area contributed by atoms with Crippen LogP contribution in [0.4, 0.5) is 13.2 Å². The Bertz CT molecular complexity index is 354. The molecule has 0 aromatic heterocycles. The smallest absolute Gasteiger partial charge is 0.340 e. The SMILES string of the molecule is C#CC(C)(C)NC(=O)C1CCCCC1C(F)(F)F. The molecule has 0 spiro atoms. The highest BCUT2D eigenvalue weighted by molar-refractivity contribution is 5.80. The average Bonchev–Trinajstić information content (AvgIpc) is 2.27. The van der Waals surface area contributed by atoms with Crippen molar-refractivity contribution in [1.82, 2.24) is 5.32 Å². The van der Waals surface area contributed by atoms with E-state index >= 15 is 0 Å². The maximum Gasteiger partial charge on any atom is 0.392 e. The number of hydrogen-bond donors (Lipinski definition) is 1. The Balaban J connectivity index is 2.79. The fourth-order valence-electron chi connectivity index (χ4n) is 2.27. The molecule has 0 aliphatic heterocycles. The molecule has 2 atom stereocenters. The summed E-state index contributed by atoms with van der Waals surface area (Å²) in [4.78, 5) is 11.9. The number of alkyl halides is 3. The summed E-state index contributed by atoms with van der Waals surface area (Å²) in [5.41, 5.74) is -0.912. The van der Waals surface area contributed by atoms with Crippen LogP contribution in [-0.4, -0.2) is 17.6 Å². The maximum absolute atomic E-state index is 12.8. The van der Waals surface area contributed by atoms with Gasteiger partial charge in [-0.15, -0.1) is 6.42 Å². The molecule has 102 valence electrons. The van der Waals surface area contributed by atoms with E-state index in [2.05, 4.69) is 11.2 Å². The van der Waals surface area contributed by atoms with Gasteiger partial charge in [0.2, 0.25) is 5.91 Å². The first-order valence-corrected chi connectivity index (χ1v) is 6.04. The van der Waals surface area contributed by atoms with Gasteiger partial charge in [-0.2, -0.15) is 13.2 Å². The Morgan fingerprint density at radius 1 is 1.28 bits per heavy atom. The minimum atomic E-state index is -4.32. The molecule has 2 unspecified atom stereocenters. The topological polar surface area (TPSA) is 29.1 Å². The molecule has 0 aromatic rings. The molecule has 0 saturated heterocycles. The Hall–Kier alpha value is -1.18. The van der Waals surface area contributed by atoms with E-state index in [4.69, 9.17) is 6.42 Å². The van der Waals surface area contributed by atoms with Crippen molar-refractivity contribution in [2.24, 2.45) is 11.8 Å². The number of terminal acetylenes is 1. The first-order chi connectivity index (χ1) is 8.17. The number of carbonyl (C=O) groups is 1. The van der Waals surface area contributed by atoms with Gasteiger partial charge in [-0.05, 0) is 26.7 Å². The van der Waals surface area contributed by atoms with Gasteiger partial charge >= 0.3 is 6.18 Å². The van der Waals surface area contributed by atoms with E-state index in [1.165, 1.54) is 0 Å². The van der Waals surface area contributed by atoms with Crippen molar-refractivity contribution in [3.05, 3.63) is 0 Å². The molecule has 1 aliphatic rings. The Morgan fingerprint density at radius 3 is 2.33 bits per heavy atom. The standard InChI is InChI=1S/C13H18F3NO/c1-4-12(2,3)17-11(18)9-7-5-6-8-10(9)13(14,15)16/h1,9-10H,5-8H2,2-3H3,(H,17,18). The molecule has 0 heterocycles. The normalized spacial score (nSPS) is 25.3. The number of nitrogens with one attached hydrogen (secondary N) is 1. The van der Waals surface area contributed by atoms with Crippen LogP contribution in [0, 0.1) is 24.2 Å². The fourth-order valence-corrected chi connectivity index (χ4v) is 2.27. The van der Waals surface area contributed by atoms with Crippen molar-refractivity contribution >= 4 is 5.91 Å². The molecule has 2 nitrogen and oxygen atoms in total. The van der Waals surface area contributed by atoms with E-state index < -0.39 is 29.5 Å². The van der Waals surface area contributed by atoms with Gasteiger partial charge in [0.1, 0.15) is 0 Å². The quantitative estimate of drug-likeness (QED) is 0.761. The minimum Gasteiger partial charge on any atom is -0.340 e. The third kappa shape index (κ3) is 3.66. The van der Waals surface area contributed by atoms with Crippen LogP contribution in [0.1, 0.15) is 39.5 Å². The predicted molar refractivity (Wildman–Crippen MR) is 62.6 cm³/mol. The Labute approximate surface area is 105 Å². The van der Waals surface area contributed by atoms with Crippen molar-refractivity contribution in [3.8, 4) is 12.3 Å². The van der Waals surface area contributed by atoms with Gasteiger partial charge in [-0.1, -0.05) is 18.8 Å². The van der Waals surface area contributed by atoms with Gasteiger partial charge in [0.05, 0.1) is 11.5 Å². The zero-order valence-electron chi connectivity index (χ0n) is 10.6. The second kappa shape index (κ2) is 5.21. The van der Waals surface area contributed by atoms with E-state index in [0.717, 1.165) is 0 Å². The van der Waals surface area contributed by atoms with E-state index in [1.54, 1.807) is 13.8 Å². The highest BCUT2D eigenvalue weighted by Gasteiger charge is 2.48. The number of amides is 1. The summed E-state index contributed by atoms with van der Waals surface area (Å²) in [6.07, 6.45) is 2.38. The van der Waals surface area contributed by atoms with Crippen LogP contribution in [-0.2, 0) is 4.79 Å². The molecule has 18 heavy (non-hydrogen) atoms. The minimum absolute atomic E-state index is 0.0259. The van der Waals surface area contributed by atoms with Crippen molar-refractivity contribution in [2.75, 3.05) is 0 Å². The Kier molecular flexibility index (Phi) is 4.31. The van der Waals surface area contributed by atoms with Crippen molar-refractivity contribution in [2.45, 2.75) is 51.2 Å². The van der Waals surface area contributed by atoms with Crippen LogP contribution < -0.4 is 5.32 Å². The predicted octanol–water partition coefficient (Wildman–Crippen LogP) is 2.88. The summed E-state index contributed by atoms with van der Waals surface area (Å²) in [6.45, 7) is 3.19. The number of hydrogen-bond acceptors (Lipinski definition) is 1. The largest absolute Gasteiger partial charge is 0.392 e. The van der Waals surface area contributed by atoms with E-state index in [1.807, 2.05) is 0 Å². The third-order valence-corrected chi connectivity index (χ3v) is 3.32. The Morgan fingerprint density at radius 2 is 1.83 bits per heavy atom. The van der Waals surface area contributed by atoms with Gasteiger partial charge in [0.25, 0.3) is 0 Å². The van der Waals surface area contributed by atoms with Crippen LogP contribution in [0.25, 0.3) is 0 Å². The zero-order valence-corrected chi connectivity index (χ0v) is 10.6. The molecule has 1 aliphatic carbocycles. The third-order valence-electron chi connectivity index (χ3n) is 3.32. The molecular formula is C13H18F3NO. The van der Waals surface area contributed by atoms with E-state index in [-0.39, 0.29) is 12.8 Å². The molecular weight excluding hydrogens is 243 g/mol. The molecule has 1 amide bonds. The molecule has 1 fully saturated rings. The first kappa shape index (κ1) is 14.9. The molecule has 0 bridgehead atoms. The summed E-state index contributed by atoms with van der Waals surface area (Å²) >= 11 is 0. The first-order valence-electron chi connectivity index (χ1n) is 6.04. The molecule has 0 aromatic carbocycles. The lowest BCUT2D eigenvalue weighted by Gasteiger charge is -2.33. The van der Waals surface area contributed by atoms with Crippen LogP contribution in [0.2, 0.25) is 0 Å². The zero-order chi connectivity index (χ0) is 14.0. The van der Waals surface area contributed by atoms with E-state index in [9.17, 15) is 18.0 Å². The molecule has 1 N–H and O–H groups in total. The lowest BCUT2D eigenvalue weighted by atomic mass is 9.78. The second-order valence-corrected chi connectivity index (χ2v) is 5.30. The summed E-state index contributed by atoms with van der Waals surface area (Å²) in [7, 11) is 0. The van der Waals surface area contributed by atoms with E-state index in [0.29, 0.717) is 12.8 Å². The van der Waals surface area contributed by atoms with Gasteiger partial charge in [0, 0.05) is 5.92 Å². The van der Waals surface area contributed by atoms with Crippen LogP contribution in [0.15, 0.2) is 0 Å². The van der Waals surface area contributed by atoms with Crippen LogP contribution >= 0.6 is 0 Å². The number of carbonyl (C=O) groups excluding carboxylic acids is 1. The summed E-state index contributed by atoms with van der Waals surface area (Å²) in [6, 6.07) is 0. The summed E-state index contributed by atoms with van der Waals surface area (Å²) in [5, 5.41) is 2.50. The maximum atomic E-state index is 12.8. The average molecular weight is 261 g/mol. The van der Waals surface area contributed by atoms with Gasteiger partial charge in [-0.25, -0.2) is 0 Å². The molecule has 1 rings (SSSR count). The molecule has 5 heteroatoms. The van der Waals surface area contributed by atoms with Gasteiger partial charge in [0.15, 0.2) is 0 Å². The highest BCUT2D eigenvalue weighted by Crippen LogP contribution is 2.41. The van der Waals surface area contributed by atoms with Crippen molar-refractivity contribution < 1.29 is 18.0 Å².